The van der Waals surface area contributed by atoms with Gasteiger partial charge in [-0.2, -0.15) is 9.29 Å². The van der Waals surface area contributed by atoms with Crippen molar-refractivity contribution in [1.29, 1.82) is 0 Å². The zero-order valence-corrected chi connectivity index (χ0v) is 23.0. The first-order valence-corrected chi connectivity index (χ1v) is 15.1. The summed E-state index contributed by atoms with van der Waals surface area (Å²) < 4.78 is 34.5. The molecule has 2 aliphatic rings. The van der Waals surface area contributed by atoms with Crippen LogP contribution in [0, 0.1) is 5.92 Å². The van der Waals surface area contributed by atoms with Crippen molar-refractivity contribution in [2.24, 2.45) is 5.92 Å². The largest absolute Gasteiger partial charge is 0.339 e. The Morgan fingerprint density at radius 3 is 2.21 bits per heavy atom. The number of aromatic nitrogens is 2. The fraction of sp³-hybridized carbons (Fsp3) is 0.355. The first kappa shape index (κ1) is 25.9. The normalized spacial score (nSPS) is 22.3. The van der Waals surface area contributed by atoms with E-state index in [1.807, 2.05) is 42.5 Å². The van der Waals surface area contributed by atoms with Gasteiger partial charge in [-0.1, -0.05) is 84.0 Å². The molecule has 1 aliphatic carbocycles. The van der Waals surface area contributed by atoms with Crippen molar-refractivity contribution in [3.8, 4) is 0 Å². The van der Waals surface area contributed by atoms with Gasteiger partial charge in [0.25, 0.3) is 0 Å². The Kier molecular flexibility index (Phi) is 7.10. The number of likely N-dealkylation sites (tertiary alicyclic amines) is 1. The molecule has 8 heteroatoms. The molecule has 202 valence electrons. The number of rotatable bonds is 9. The fourth-order valence-corrected chi connectivity index (χ4v) is 7.68. The van der Waals surface area contributed by atoms with Crippen molar-refractivity contribution in [2.45, 2.75) is 42.0 Å². The van der Waals surface area contributed by atoms with Gasteiger partial charge in [-0.05, 0) is 61.5 Å². The lowest BCUT2D eigenvalue weighted by Crippen LogP contribution is -2.41. The number of benzene rings is 3. The maximum absolute atomic E-state index is 13.6. The highest BCUT2D eigenvalue weighted by Crippen LogP contribution is 2.58. The highest BCUT2D eigenvalue weighted by atomic mass is 32.2. The van der Waals surface area contributed by atoms with Crippen molar-refractivity contribution in [3.05, 3.63) is 114 Å². The van der Waals surface area contributed by atoms with E-state index in [-0.39, 0.29) is 11.8 Å². The minimum Gasteiger partial charge on any atom is -0.339 e. The van der Waals surface area contributed by atoms with Gasteiger partial charge in [0.2, 0.25) is 15.9 Å². The van der Waals surface area contributed by atoms with E-state index < -0.39 is 15.6 Å². The average Bonchev–Trinajstić information content (AvgIpc) is 3.51. The molecule has 4 aromatic rings. The lowest BCUT2D eigenvalue weighted by Gasteiger charge is -2.33. The zero-order chi connectivity index (χ0) is 26.9. The maximum atomic E-state index is 13.6. The second-order valence-corrected chi connectivity index (χ2v) is 12.7. The lowest BCUT2D eigenvalue weighted by molar-refractivity contribution is 0.176. The molecule has 1 saturated carbocycles. The van der Waals surface area contributed by atoms with Crippen molar-refractivity contribution in [2.75, 3.05) is 26.7 Å². The topological polar surface area (TPSA) is 79.5 Å². The zero-order valence-electron chi connectivity index (χ0n) is 22.2. The molecule has 1 aliphatic heterocycles. The van der Waals surface area contributed by atoms with Gasteiger partial charge >= 0.3 is 0 Å². The monoisotopic (exact) mass is 542 g/mol. The predicted octanol–water partition coefficient (Wildman–Crippen LogP) is 5.08. The predicted molar refractivity (Wildman–Crippen MR) is 150 cm³/mol. The number of hydrogen-bond acceptors (Lipinski definition) is 6. The fourth-order valence-electron chi connectivity index (χ4n) is 6.10. The van der Waals surface area contributed by atoms with Crippen LogP contribution in [-0.2, 0) is 22.0 Å². The standard InChI is InChI=1S/C31H34N4O3S/c1-34(39(36,37)28-15-9-4-10-16-28)31(26-13-7-3-8-14-26)22-27(31)23-35-19-17-25(18-20-35)30-32-29(33-38-30)21-24-11-5-2-6-12-24/h2-16,25,27H,17-23H2,1H3. The summed E-state index contributed by atoms with van der Waals surface area (Å²) in [5.74, 6) is 1.95. The first-order valence-electron chi connectivity index (χ1n) is 13.7. The van der Waals surface area contributed by atoms with Crippen LogP contribution in [-0.4, -0.2) is 54.4 Å². The maximum Gasteiger partial charge on any atom is 0.243 e. The first-order chi connectivity index (χ1) is 19.0. The third-order valence-electron chi connectivity index (χ3n) is 8.41. The van der Waals surface area contributed by atoms with E-state index in [9.17, 15) is 8.42 Å². The molecule has 7 nitrogen and oxygen atoms in total. The second kappa shape index (κ2) is 10.7. The van der Waals surface area contributed by atoms with Crippen LogP contribution in [0.4, 0.5) is 0 Å². The molecule has 0 radical (unpaired) electrons. The van der Waals surface area contributed by atoms with Crippen LogP contribution < -0.4 is 0 Å². The lowest BCUT2D eigenvalue weighted by atomic mass is 9.96. The number of piperidine rings is 1. The minimum atomic E-state index is -3.63. The number of hydrogen-bond donors (Lipinski definition) is 0. The van der Waals surface area contributed by atoms with Crippen molar-refractivity contribution < 1.29 is 12.9 Å². The quantitative estimate of drug-likeness (QED) is 0.294. The van der Waals surface area contributed by atoms with E-state index in [2.05, 4.69) is 34.3 Å². The number of sulfonamides is 1. The van der Waals surface area contributed by atoms with E-state index in [0.29, 0.717) is 11.3 Å². The summed E-state index contributed by atoms with van der Waals surface area (Å²) >= 11 is 0. The Labute approximate surface area is 230 Å². The Hall–Kier alpha value is -3.33. The van der Waals surface area contributed by atoms with E-state index in [1.165, 1.54) is 5.56 Å². The highest BCUT2D eigenvalue weighted by molar-refractivity contribution is 7.89. The molecule has 2 unspecified atom stereocenters. The van der Waals surface area contributed by atoms with Crippen molar-refractivity contribution >= 4 is 10.0 Å². The third-order valence-corrected chi connectivity index (χ3v) is 10.3. The second-order valence-electron chi connectivity index (χ2n) is 10.8. The summed E-state index contributed by atoms with van der Waals surface area (Å²) in [6, 6.07) is 29.0. The minimum absolute atomic E-state index is 0.223. The summed E-state index contributed by atoms with van der Waals surface area (Å²) in [5, 5.41) is 4.22. The summed E-state index contributed by atoms with van der Waals surface area (Å²) in [6.07, 6.45) is 3.39. The molecule has 3 aromatic carbocycles. The van der Waals surface area contributed by atoms with Gasteiger partial charge in [-0.15, -0.1) is 0 Å². The summed E-state index contributed by atoms with van der Waals surface area (Å²) in [6.45, 7) is 2.72. The molecule has 1 aromatic heterocycles. The van der Waals surface area contributed by atoms with Crippen LogP contribution in [0.2, 0.25) is 0 Å². The summed E-state index contributed by atoms with van der Waals surface area (Å²) in [7, 11) is -1.89. The molecular formula is C31H34N4O3S. The van der Waals surface area contributed by atoms with E-state index in [1.54, 1.807) is 35.6 Å². The number of nitrogens with zero attached hydrogens (tertiary/aromatic N) is 4. The Morgan fingerprint density at radius 2 is 1.54 bits per heavy atom. The van der Waals surface area contributed by atoms with Crippen LogP contribution in [0.3, 0.4) is 0 Å². The highest BCUT2D eigenvalue weighted by Gasteiger charge is 2.61. The molecule has 39 heavy (non-hydrogen) atoms. The molecule has 2 fully saturated rings. The molecule has 0 amide bonds. The van der Waals surface area contributed by atoms with E-state index in [4.69, 9.17) is 9.51 Å². The van der Waals surface area contributed by atoms with Crippen molar-refractivity contribution in [3.63, 3.8) is 0 Å². The van der Waals surface area contributed by atoms with Gasteiger partial charge in [-0.25, -0.2) is 8.42 Å². The van der Waals surface area contributed by atoms with Gasteiger partial charge in [-0.3, -0.25) is 0 Å². The van der Waals surface area contributed by atoms with Crippen LogP contribution in [0.25, 0.3) is 0 Å². The van der Waals surface area contributed by atoms with Gasteiger partial charge < -0.3 is 9.42 Å². The van der Waals surface area contributed by atoms with E-state index >= 15 is 0 Å². The van der Waals surface area contributed by atoms with Gasteiger partial charge in [0.05, 0.1) is 10.4 Å². The third kappa shape index (κ3) is 5.16. The SMILES string of the molecule is CN(C1(c2ccccc2)CC1CN1CCC(c2nc(Cc3ccccc3)no2)CC1)S(=O)(=O)c1ccccc1. The van der Waals surface area contributed by atoms with Crippen LogP contribution in [0.15, 0.2) is 100 Å². The Bertz CT molecular complexity index is 1490. The molecule has 0 N–H and O–H groups in total. The van der Waals surface area contributed by atoms with Crippen LogP contribution in [0.1, 0.15) is 48.0 Å². The van der Waals surface area contributed by atoms with Gasteiger partial charge in [0.1, 0.15) is 0 Å². The molecule has 2 atom stereocenters. The summed E-state index contributed by atoms with van der Waals surface area (Å²) in [5.41, 5.74) is 1.69. The Morgan fingerprint density at radius 1 is 0.923 bits per heavy atom. The van der Waals surface area contributed by atoms with Crippen molar-refractivity contribution in [1.82, 2.24) is 19.3 Å². The van der Waals surface area contributed by atoms with Gasteiger partial charge in [0, 0.05) is 25.9 Å². The molecule has 0 spiro atoms. The Balaban J connectivity index is 1.12. The smallest absolute Gasteiger partial charge is 0.243 e. The summed E-state index contributed by atoms with van der Waals surface area (Å²) in [4.78, 5) is 7.50. The van der Waals surface area contributed by atoms with Crippen LogP contribution in [0.5, 0.6) is 0 Å². The van der Waals surface area contributed by atoms with Gasteiger partial charge in [0.15, 0.2) is 5.82 Å². The van der Waals surface area contributed by atoms with E-state index in [0.717, 1.165) is 56.2 Å². The van der Waals surface area contributed by atoms with Crippen LogP contribution >= 0.6 is 0 Å². The molecule has 2 heterocycles. The molecule has 6 rings (SSSR count). The average molecular weight is 543 g/mol. The molecule has 1 saturated heterocycles. The molecular weight excluding hydrogens is 508 g/mol. The molecule has 0 bridgehead atoms.